The number of benzene rings is 3. The minimum absolute atomic E-state index is 0.0229. The van der Waals surface area contributed by atoms with Gasteiger partial charge < -0.3 is 5.11 Å². The fourth-order valence-corrected chi connectivity index (χ4v) is 4.07. The number of nitrogens with zero attached hydrogens (tertiary/aromatic N) is 2. The van der Waals surface area contributed by atoms with Crippen molar-refractivity contribution in [3.63, 3.8) is 0 Å². The topological polar surface area (TPSA) is 101 Å². The number of aliphatic hydroxyl groups excluding tert-OH is 1. The second kappa shape index (κ2) is 8.31. The van der Waals surface area contributed by atoms with Gasteiger partial charge in [0.1, 0.15) is 11.6 Å². The molecule has 0 aromatic heterocycles. The maximum Gasteiger partial charge on any atom is 0.300 e. The van der Waals surface area contributed by atoms with Crippen molar-refractivity contribution < 1.29 is 24.0 Å². The highest BCUT2D eigenvalue weighted by Crippen LogP contribution is 2.42. The molecule has 0 spiro atoms. The molecule has 1 aliphatic heterocycles. The van der Waals surface area contributed by atoms with Gasteiger partial charge in [-0.25, -0.2) is 4.39 Å². The number of hydrogen-bond acceptors (Lipinski definition) is 5. The number of hydrogen-bond donors (Lipinski definition) is 1. The van der Waals surface area contributed by atoms with E-state index in [2.05, 4.69) is 0 Å². The summed E-state index contributed by atoms with van der Waals surface area (Å²) in [4.78, 5) is 38.1. The Morgan fingerprint density at radius 2 is 1.64 bits per heavy atom. The molecule has 33 heavy (non-hydrogen) atoms. The number of nitro groups is 1. The van der Waals surface area contributed by atoms with E-state index in [1.165, 1.54) is 47.4 Å². The van der Waals surface area contributed by atoms with Gasteiger partial charge in [-0.05, 0) is 54.8 Å². The van der Waals surface area contributed by atoms with Crippen LogP contribution in [-0.2, 0) is 9.59 Å². The highest BCUT2D eigenvalue weighted by atomic mass is 19.1. The van der Waals surface area contributed by atoms with Crippen LogP contribution in [0.15, 0.2) is 72.3 Å². The van der Waals surface area contributed by atoms with E-state index < -0.39 is 34.2 Å². The zero-order valence-electron chi connectivity index (χ0n) is 17.8. The molecule has 0 saturated carbocycles. The Hall–Kier alpha value is -4.33. The van der Waals surface area contributed by atoms with Gasteiger partial charge in [-0.1, -0.05) is 30.3 Å². The molecule has 3 aromatic carbocycles. The summed E-state index contributed by atoms with van der Waals surface area (Å²) in [5.74, 6) is -2.84. The molecule has 1 saturated heterocycles. The lowest BCUT2D eigenvalue weighted by Crippen LogP contribution is -2.29. The largest absolute Gasteiger partial charge is 0.507 e. The molecular formula is C25H19FN2O5. The molecule has 1 atom stereocenters. The predicted molar refractivity (Wildman–Crippen MR) is 120 cm³/mol. The van der Waals surface area contributed by atoms with Gasteiger partial charge in [0.05, 0.1) is 16.5 Å². The molecule has 8 heteroatoms. The first-order valence-corrected chi connectivity index (χ1v) is 10.1. The molecule has 1 unspecified atom stereocenters. The first kappa shape index (κ1) is 21.9. The zero-order chi connectivity index (χ0) is 23.9. The van der Waals surface area contributed by atoms with Crippen LogP contribution in [0.4, 0.5) is 15.8 Å². The molecular weight excluding hydrogens is 427 g/mol. The van der Waals surface area contributed by atoms with E-state index in [1.807, 2.05) is 19.9 Å². The maximum absolute atomic E-state index is 13.6. The number of anilines is 1. The molecule has 0 aliphatic carbocycles. The first-order valence-electron chi connectivity index (χ1n) is 10.1. The molecule has 1 amide bonds. The molecule has 0 bridgehead atoms. The quantitative estimate of drug-likeness (QED) is 0.200. The van der Waals surface area contributed by atoms with Crippen molar-refractivity contribution in [2.24, 2.45) is 0 Å². The van der Waals surface area contributed by atoms with Crippen LogP contribution >= 0.6 is 0 Å². The summed E-state index contributed by atoms with van der Waals surface area (Å²) >= 11 is 0. The summed E-state index contributed by atoms with van der Waals surface area (Å²) in [5.41, 5.74) is 2.09. The van der Waals surface area contributed by atoms with Crippen LogP contribution in [0.3, 0.4) is 0 Å². The number of rotatable bonds is 4. The molecule has 1 N–H and O–H groups in total. The van der Waals surface area contributed by atoms with Crippen molar-refractivity contribution in [1.82, 2.24) is 0 Å². The van der Waals surface area contributed by atoms with E-state index in [0.717, 1.165) is 17.2 Å². The summed E-state index contributed by atoms with van der Waals surface area (Å²) in [6.07, 6.45) is 0. The lowest BCUT2D eigenvalue weighted by molar-refractivity contribution is -0.384. The number of amides is 1. The van der Waals surface area contributed by atoms with Gasteiger partial charge in [0.25, 0.3) is 17.4 Å². The Morgan fingerprint density at radius 3 is 2.24 bits per heavy atom. The number of aryl methyl sites for hydroxylation is 2. The predicted octanol–water partition coefficient (Wildman–Crippen LogP) is 4.98. The van der Waals surface area contributed by atoms with Crippen LogP contribution in [0, 0.1) is 29.8 Å². The number of non-ortho nitro benzene ring substituents is 1. The van der Waals surface area contributed by atoms with E-state index in [1.54, 1.807) is 12.1 Å². The standard InChI is InChI=1S/C25H19FN2O5/c1-14-10-15(2)12-20(11-14)27-22(16-6-8-18(26)9-7-16)21(24(30)25(27)31)23(29)17-4-3-5-19(13-17)28(32)33/h3-13,22,29H,1-2H3/b23-21-. The van der Waals surface area contributed by atoms with Crippen molar-refractivity contribution in [2.45, 2.75) is 19.9 Å². The molecule has 3 aromatic rings. The summed E-state index contributed by atoms with van der Waals surface area (Å²) in [5, 5.41) is 22.2. The molecule has 166 valence electrons. The Labute approximate surface area is 188 Å². The van der Waals surface area contributed by atoms with Gasteiger partial charge in [0, 0.05) is 23.4 Å². The lowest BCUT2D eigenvalue weighted by atomic mass is 9.95. The molecule has 1 aliphatic rings. The Morgan fingerprint density at radius 1 is 1.00 bits per heavy atom. The van der Waals surface area contributed by atoms with E-state index in [-0.39, 0.29) is 16.8 Å². The number of ketones is 1. The van der Waals surface area contributed by atoms with Gasteiger partial charge in [-0.3, -0.25) is 24.6 Å². The maximum atomic E-state index is 13.6. The van der Waals surface area contributed by atoms with E-state index in [9.17, 15) is 29.2 Å². The van der Waals surface area contributed by atoms with Crippen molar-refractivity contribution in [1.29, 1.82) is 0 Å². The number of carbonyl (C=O) groups excluding carboxylic acids is 2. The van der Waals surface area contributed by atoms with Gasteiger partial charge in [-0.2, -0.15) is 0 Å². The summed E-state index contributed by atoms with van der Waals surface area (Å²) in [6, 6.07) is 14.8. The van der Waals surface area contributed by atoms with Crippen LogP contribution in [0.5, 0.6) is 0 Å². The summed E-state index contributed by atoms with van der Waals surface area (Å²) in [7, 11) is 0. The minimum atomic E-state index is -1.05. The van der Waals surface area contributed by atoms with Gasteiger partial charge in [0.15, 0.2) is 0 Å². The number of aliphatic hydroxyl groups is 1. The minimum Gasteiger partial charge on any atom is -0.507 e. The van der Waals surface area contributed by atoms with Gasteiger partial charge in [-0.15, -0.1) is 0 Å². The third-order valence-corrected chi connectivity index (χ3v) is 5.45. The van der Waals surface area contributed by atoms with Crippen molar-refractivity contribution >= 4 is 28.8 Å². The van der Waals surface area contributed by atoms with Crippen molar-refractivity contribution in [2.75, 3.05) is 4.90 Å². The molecule has 1 heterocycles. The average molecular weight is 446 g/mol. The third kappa shape index (κ3) is 3.98. The van der Waals surface area contributed by atoms with Crippen LogP contribution in [-0.4, -0.2) is 21.7 Å². The third-order valence-electron chi connectivity index (χ3n) is 5.45. The second-order valence-corrected chi connectivity index (χ2v) is 7.87. The van der Waals surface area contributed by atoms with Gasteiger partial charge in [0.2, 0.25) is 0 Å². The fourth-order valence-electron chi connectivity index (χ4n) is 4.07. The van der Waals surface area contributed by atoms with Crippen LogP contribution in [0.1, 0.15) is 28.3 Å². The van der Waals surface area contributed by atoms with Gasteiger partial charge >= 0.3 is 0 Å². The summed E-state index contributed by atoms with van der Waals surface area (Å²) < 4.78 is 13.6. The normalized spacial score (nSPS) is 17.4. The number of halogens is 1. The number of Topliss-reactive ketones (excluding diaryl/α,β-unsaturated/α-hetero) is 1. The zero-order valence-corrected chi connectivity index (χ0v) is 17.8. The lowest BCUT2D eigenvalue weighted by Gasteiger charge is -2.26. The van der Waals surface area contributed by atoms with E-state index >= 15 is 0 Å². The van der Waals surface area contributed by atoms with Crippen LogP contribution in [0.2, 0.25) is 0 Å². The first-order chi connectivity index (χ1) is 15.7. The Balaban J connectivity index is 1.97. The highest BCUT2D eigenvalue weighted by Gasteiger charge is 2.47. The highest BCUT2D eigenvalue weighted by molar-refractivity contribution is 6.51. The molecule has 0 radical (unpaired) electrons. The Bertz CT molecular complexity index is 1310. The van der Waals surface area contributed by atoms with Crippen LogP contribution in [0.25, 0.3) is 5.76 Å². The van der Waals surface area contributed by atoms with Crippen molar-refractivity contribution in [3.05, 3.63) is 110 Å². The second-order valence-electron chi connectivity index (χ2n) is 7.87. The number of nitro benzene ring substituents is 1. The monoisotopic (exact) mass is 446 g/mol. The van der Waals surface area contributed by atoms with E-state index in [0.29, 0.717) is 11.3 Å². The molecule has 4 rings (SSSR count). The summed E-state index contributed by atoms with van der Waals surface area (Å²) in [6.45, 7) is 3.70. The van der Waals surface area contributed by atoms with Crippen LogP contribution < -0.4 is 4.90 Å². The molecule has 7 nitrogen and oxygen atoms in total. The van der Waals surface area contributed by atoms with Crippen molar-refractivity contribution in [3.8, 4) is 0 Å². The average Bonchev–Trinajstić information content (AvgIpc) is 3.04. The SMILES string of the molecule is Cc1cc(C)cc(N2C(=O)C(=O)/C(=C(\O)c3cccc([N+](=O)[O-])c3)C2c2ccc(F)cc2)c1. The number of carbonyl (C=O) groups is 2. The Kier molecular flexibility index (Phi) is 5.51. The smallest absolute Gasteiger partial charge is 0.300 e. The molecule has 1 fully saturated rings. The fraction of sp³-hybridized carbons (Fsp3) is 0.120. The van der Waals surface area contributed by atoms with E-state index in [4.69, 9.17) is 0 Å².